The fraction of sp³-hybridized carbons (Fsp3) is 0.118. The zero-order chi connectivity index (χ0) is 15.5. The van der Waals surface area contributed by atoms with E-state index in [1.807, 2.05) is 32.0 Å². The van der Waals surface area contributed by atoms with E-state index in [4.69, 9.17) is 0 Å². The summed E-state index contributed by atoms with van der Waals surface area (Å²) in [7, 11) is -3.78. The first-order chi connectivity index (χ1) is 9.93. The quantitative estimate of drug-likeness (QED) is 0.813. The zero-order valence-electron chi connectivity index (χ0n) is 11.9. The zero-order valence-corrected chi connectivity index (χ0v) is 12.7. The molecule has 0 bridgehead atoms. The standard InChI is InChI=1S/C17H15NO2S/c1-13-6-8-16(9-7-13)21(19,20)17(12-18)11-15-5-3-4-14(2)10-15/h3-11H,1-2H3. The Balaban J connectivity index is 2.50. The number of aryl methyl sites for hydroxylation is 2. The molecule has 0 aromatic heterocycles. The Morgan fingerprint density at radius 1 is 1.05 bits per heavy atom. The number of allylic oxidation sites excluding steroid dienone is 1. The second kappa shape index (κ2) is 5.94. The van der Waals surface area contributed by atoms with Gasteiger partial charge in [-0.25, -0.2) is 8.42 Å². The molecule has 2 rings (SSSR count). The Labute approximate surface area is 125 Å². The number of hydrogen-bond acceptors (Lipinski definition) is 3. The highest BCUT2D eigenvalue weighted by Gasteiger charge is 2.20. The molecule has 0 atom stereocenters. The minimum Gasteiger partial charge on any atom is -0.218 e. The molecule has 0 aliphatic heterocycles. The predicted octanol–water partition coefficient (Wildman–Crippen LogP) is 3.64. The monoisotopic (exact) mass is 297 g/mol. The van der Waals surface area contributed by atoms with E-state index in [9.17, 15) is 13.7 Å². The molecular weight excluding hydrogens is 282 g/mol. The van der Waals surface area contributed by atoms with Crippen molar-refractivity contribution < 1.29 is 8.42 Å². The van der Waals surface area contributed by atoms with Gasteiger partial charge in [-0.2, -0.15) is 5.26 Å². The molecule has 106 valence electrons. The average molecular weight is 297 g/mol. The van der Waals surface area contributed by atoms with Gasteiger partial charge in [-0.3, -0.25) is 0 Å². The lowest BCUT2D eigenvalue weighted by Gasteiger charge is -2.04. The van der Waals surface area contributed by atoms with Crippen LogP contribution in [0.2, 0.25) is 0 Å². The van der Waals surface area contributed by atoms with E-state index >= 15 is 0 Å². The average Bonchev–Trinajstić information content (AvgIpc) is 2.45. The van der Waals surface area contributed by atoms with Crippen molar-refractivity contribution in [3.05, 3.63) is 70.1 Å². The van der Waals surface area contributed by atoms with Crippen LogP contribution in [0, 0.1) is 25.2 Å². The van der Waals surface area contributed by atoms with Crippen molar-refractivity contribution in [3.63, 3.8) is 0 Å². The number of nitriles is 1. The van der Waals surface area contributed by atoms with Gasteiger partial charge < -0.3 is 0 Å². The number of hydrogen-bond donors (Lipinski definition) is 0. The maximum Gasteiger partial charge on any atom is 0.216 e. The van der Waals surface area contributed by atoms with Crippen molar-refractivity contribution in [2.24, 2.45) is 0 Å². The number of rotatable bonds is 3. The molecule has 0 aliphatic rings. The molecule has 4 heteroatoms. The summed E-state index contributed by atoms with van der Waals surface area (Å²) in [6, 6.07) is 15.6. The molecule has 2 aromatic carbocycles. The van der Waals surface area contributed by atoms with Crippen molar-refractivity contribution in [1.82, 2.24) is 0 Å². The molecule has 0 N–H and O–H groups in total. The Kier molecular flexibility index (Phi) is 4.25. The molecular formula is C17H15NO2S. The van der Waals surface area contributed by atoms with Gasteiger partial charge in [-0.05, 0) is 37.6 Å². The highest BCUT2D eigenvalue weighted by molar-refractivity contribution is 7.95. The summed E-state index contributed by atoms with van der Waals surface area (Å²) in [6.07, 6.45) is 1.40. The maximum absolute atomic E-state index is 12.5. The van der Waals surface area contributed by atoms with Gasteiger partial charge in [0.05, 0.1) is 4.90 Å². The highest BCUT2D eigenvalue weighted by Crippen LogP contribution is 2.21. The van der Waals surface area contributed by atoms with Gasteiger partial charge >= 0.3 is 0 Å². The highest BCUT2D eigenvalue weighted by atomic mass is 32.2. The first kappa shape index (κ1) is 15.0. The molecule has 0 saturated carbocycles. The minimum atomic E-state index is -3.78. The van der Waals surface area contributed by atoms with Crippen molar-refractivity contribution >= 4 is 15.9 Å². The number of sulfone groups is 1. The van der Waals surface area contributed by atoms with E-state index in [0.717, 1.165) is 11.1 Å². The van der Waals surface area contributed by atoms with Crippen LogP contribution in [0.3, 0.4) is 0 Å². The van der Waals surface area contributed by atoms with Gasteiger partial charge in [-0.1, -0.05) is 47.5 Å². The molecule has 0 saturated heterocycles. The van der Waals surface area contributed by atoms with Gasteiger partial charge in [0.2, 0.25) is 9.84 Å². The van der Waals surface area contributed by atoms with Gasteiger partial charge in [0.15, 0.2) is 0 Å². The Hall–Kier alpha value is -2.38. The summed E-state index contributed by atoms with van der Waals surface area (Å²) in [4.78, 5) is -0.120. The second-order valence-corrected chi connectivity index (χ2v) is 6.77. The van der Waals surface area contributed by atoms with Crippen LogP contribution in [0.25, 0.3) is 6.08 Å². The van der Waals surface area contributed by atoms with Crippen LogP contribution in [0.1, 0.15) is 16.7 Å². The Morgan fingerprint density at radius 2 is 1.71 bits per heavy atom. The summed E-state index contributed by atoms with van der Waals surface area (Å²) >= 11 is 0. The van der Waals surface area contributed by atoms with Gasteiger partial charge in [0, 0.05) is 0 Å². The van der Waals surface area contributed by atoms with Gasteiger partial charge in [0.25, 0.3) is 0 Å². The molecule has 2 aromatic rings. The van der Waals surface area contributed by atoms with Crippen LogP contribution in [0.4, 0.5) is 0 Å². The van der Waals surface area contributed by atoms with E-state index in [-0.39, 0.29) is 9.80 Å². The lowest BCUT2D eigenvalue weighted by atomic mass is 10.1. The lowest BCUT2D eigenvalue weighted by molar-refractivity contribution is 0.603. The van der Waals surface area contributed by atoms with Crippen molar-refractivity contribution in [1.29, 1.82) is 5.26 Å². The Morgan fingerprint density at radius 3 is 2.29 bits per heavy atom. The molecule has 0 fully saturated rings. The van der Waals surface area contributed by atoms with Crippen LogP contribution in [-0.2, 0) is 9.84 Å². The molecule has 21 heavy (non-hydrogen) atoms. The molecule has 0 spiro atoms. The molecule has 0 unspecified atom stereocenters. The van der Waals surface area contributed by atoms with Crippen LogP contribution >= 0.6 is 0 Å². The predicted molar refractivity (Wildman–Crippen MR) is 83.1 cm³/mol. The fourth-order valence-electron chi connectivity index (χ4n) is 1.93. The van der Waals surface area contributed by atoms with Crippen LogP contribution in [0.5, 0.6) is 0 Å². The third-order valence-corrected chi connectivity index (χ3v) is 4.75. The van der Waals surface area contributed by atoms with E-state index in [0.29, 0.717) is 5.56 Å². The Bertz CT molecular complexity index is 826. The van der Waals surface area contributed by atoms with Crippen LogP contribution < -0.4 is 0 Å². The summed E-state index contributed by atoms with van der Waals surface area (Å²) in [5, 5.41) is 9.21. The van der Waals surface area contributed by atoms with E-state index < -0.39 is 9.84 Å². The first-order valence-electron chi connectivity index (χ1n) is 6.44. The third-order valence-electron chi connectivity index (χ3n) is 3.07. The summed E-state index contributed by atoms with van der Waals surface area (Å²) in [5.74, 6) is 0. The molecule has 0 amide bonds. The lowest BCUT2D eigenvalue weighted by Crippen LogP contribution is -2.03. The molecule has 3 nitrogen and oxygen atoms in total. The second-order valence-electron chi connectivity index (χ2n) is 4.85. The third kappa shape index (κ3) is 3.39. The largest absolute Gasteiger partial charge is 0.218 e. The summed E-state index contributed by atoms with van der Waals surface area (Å²) in [6.45, 7) is 3.79. The van der Waals surface area contributed by atoms with Crippen molar-refractivity contribution in [2.45, 2.75) is 18.7 Å². The maximum atomic E-state index is 12.5. The number of benzene rings is 2. The summed E-state index contributed by atoms with van der Waals surface area (Å²) in [5.41, 5.74) is 2.67. The smallest absolute Gasteiger partial charge is 0.216 e. The SMILES string of the molecule is Cc1ccc(S(=O)(=O)C(C#N)=Cc2cccc(C)c2)cc1. The molecule has 0 heterocycles. The van der Waals surface area contributed by atoms with Crippen molar-refractivity contribution in [3.8, 4) is 6.07 Å². The molecule has 0 radical (unpaired) electrons. The van der Waals surface area contributed by atoms with E-state index in [1.54, 1.807) is 24.3 Å². The topological polar surface area (TPSA) is 57.9 Å². The van der Waals surface area contributed by atoms with E-state index in [2.05, 4.69) is 0 Å². The summed E-state index contributed by atoms with van der Waals surface area (Å²) < 4.78 is 24.9. The van der Waals surface area contributed by atoms with Gasteiger partial charge in [-0.15, -0.1) is 0 Å². The molecule has 0 aliphatic carbocycles. The number of nitrogens with zero attached hydrogens (tertiary/aromatic N) is 1. The minimum absolute atomic E-state index is 0.133. The van der Waals surface area contributed by atoms with Gasteiger partial charge in [0.1, 0.15) is 11.0 Å². The van der Waals surface area contributed by atoms with Crippen LogP contribution in [0.15, 0.2) is 58.3 Å². The first-order valence-corrected chi connectivity index (χ1v) is 7.92. The van der Waals surface area contributed by atoms with Crippen LogP contribution in [-0.4, -0.2) is 8.42 Å². The van der Waals surface area contributed by atoms with E-state index in [1.165, 1.54) is 18.2 Å². The normalized spacial score (nSPS) is 12.0. The fourth-order valence-corrected chi connectivity index (χ4v) is 3.09. The van der Waals surface area contributed by atoms with Crippen molar-refractivity contribution in [2.75, 3.05) is 0 Å².